The summed E-state index contributed by atoms with van der Waals surface area (Å²) in [6.45, 7) is 2.48. The lowest BCUT2D eigenvalue weighted by molar-refractivity contribution is 0.399. The second kappa shape index (κ2) is 5.98. The molecule has 2 aromatic heterocycles. The van der Waals surface area contributed by atoms with Crippen LogP contribution in [0.2, 0.25) is 0 Å². The number of nitrogens with two attached hydrogens (primary N) is 1. The number of rotatable bonds is 5. The van der Waals surface area contributed by atoms with Gasteiger partial charge in [0, 0.05) is 36.1 Å². The Balaban J connectivity index is 1.92. The standard InChI is InChI=1S/C19H21N5O/c1-23(2)10-9-21-11-15-12-7-8-14(20)17-18(12)24(22-15)16-6-4-3-5-13(16)19(17)25/h3-8,21H,9-11,20H2,1-2H3. The van der Waals surface area contributed by atoms with Crippen molar-refractivity contribution >= 4 is 32.9 Å². The Morgan fingerprint density at radius 1 is 1.16 bits per heavy atom. The van der Waals surface area contributed by atoms with Gasteiger partial charge in [0.15, 0.2) is 5.43 Å². The number of hydrogen-bond acceptors (Lipinski definition) is 5. The molecule has 6 nitrogen and oxygen atoms in total. The van der Waals surface area contributed by atoms with E-state index in [0.717, 1.165) is 35.2 Å². The molecule has 4 aromatic rings. The van der Waals surface area contributed by atoms with Crippen LogP contribution in [0.4, 0.5) is 5.69 Å². The SMILES string of the molecule is CN(C)CCNCc1nn2c3ccccc3c(=O)c3c(N)ccc1c32. The van der Waals surface area contributed by atoms with Gasteiger partial charge >= 0.3 is 0 Å². The van der Waals surface area contributed by atoms with Crippen molar-refractivity contribution < 1.29 is 0 Å². The van der Waals surface area contributed by atoms with Crippen LogP contribution in [0.1, 0.15) is 5.69 Å². The van der Waals surface area contributed by atoms with E-state index in [1.54, 1.807) is 6.07 Å². The molecule has 0 saturated carbocycles. The molecule has 0 bridgehead atoms. The molecule has 2 heterocycles. The monoisotopic (exact) mass is 335 g/mol. The zero-order valence-corrected chi connectivity index (χ0v) is 14.4. The predicted octanol–water partition coefficient (Wildman–Crippen LogP) is 1.67. The number of fused-ring (bicyclic) bond motifs is 2. The summed E-state index contributed by atoms with van der Waals surface area (Å²) in [6.07, 6.45) is 0. The molecular weight excluding hydrogens is 314 g/mol. The average molecular weight is 335 g/mol. The van der Waals surface area contributed by atoms with Gasteiger partial charge in [-0.05, 0) is 38.4 Å². The first-order valence-corrected chi connectivity index (χ1v) is 8.37. The first kappa shape index (κ1) is 15.8. The van der Waals surface area contributed by atoms with E-state index in [1.165, 1.54) is 0 Å². The number of nitrogens with zero attached hydrogens (tertiary/aromatic N) is 3. The zero-order valence-electron chi connectivity index (χ0n) is 14.4. The Kier molecular flexibility index (Phi) is 3.78. The highest BCUT2D eigenvalue weighted by Gasteiger charge is 2.18. The van der Waals surface area contributed by atoms with Gasteiger partial charge in [0.05, 0.1) is 22.1 Å². The molecule has 0 spiro atoms. The zero-order chi connectivity index (χ0) is 17.6. The van der Waals surface area contributed by atoms with E-state index in [4.69, 9.17) is 10.8 Å². The minimum Gasteiger partial charge on any atom is -0.398 e. The maximum absolute atomic E-state index is 12.9. The van der Waals surface area contributed by atoms with Gasteiger partial charge in [-0.2, -0.15) is 5.10 Å². The first-order chi connectivity index (χ1) is 12.1. The fraction of sp³-hybridized carbons (Fsp3) is 0.263. The van der Waals surface area contributed by atoms with Crippen LogP contribution >= 0.6 is 0 Å². The van der Waals surface area contributed by atoms with Crippen LogP contribution in [0.15, 0.2) is 41.2 Å². The summed E-state index contributed by atoms with van der Waals surface area (Å²) in [5, 5.41) is 10.4. The van der Waals surface area contributed by atoms with Crippen LogP contribution < -0.4 is 16.5 Å². The number of nitrogens with one attached hydrogen (secondary N) is 1. The van der Waals surface area contributed by atoms with Crippen LogP contribution in [0.25, 0.3) is 27.2 Å². The molecule has 0 aliphatic carbocycles. The molecule has 0 fully saturated rings. The summed E-state index contributed by atoms with van der Waals surface area (Å²) in [4.78, 5) is 15.0. The molecule has 0 unspecified atom stereocenters. The maximum Gasteiger partial charge on any atom is 0.199 e. The molecular formula is C19H21N5O. The minimum absolute atomic E-state index is 0.0294. The molecule has 2 aromatic carbocycles. The van der Waals surface area contributed by atoms with Gasteiger partial charge in [-0.1, -0.05) is 12.1 Å². The Morgan fingerprint density at radius 3 is 2.76 bits per heavy atom. The van der Waals surface area contributed by atoms with Crippen molar-refractivity contribution in [1.82, 2.24) is 19.8 Å². The Morgan fingerprint density at radius 2 is 1.96 bits per heavy atom. The van der Waals surface area contributed by atoms with Crippen molar-refractivity contribution in [3.05, 3.63) is 52.3 Å². The number of anilines is 1. The highest BCUT2D eigenvalue weighted by Crippen LogP contribution is 2.29. The first-order valence-electron chi connectivity index (χ1n) is 8.37. The Bertz CT molecular complexity index is 1120. The second-order valence-electron chi connectivity index (χ2n) is 6.61. The third kappa shape index (κ3) is 2.50. The molecule has 3 N–H and O–H groups in total. The lowest BCUT2D eigenvalue weighted by atomic mass is 10.1. The van der Waals surface area contributed by atoms with Crippen molar-refractivity contribution in [2.75, 3.05) is 32.9 Å². The second-order valence-corrected chi connectivity index (χ2v) is 6.61. The van der Waals surface area contributed by atoms with Gasteiger partial charge < -0.3 is 16.0 Å². The van der Waals surface area contributed by atoms with Gasteiger partial charge in [-0.3, -0.25) is 4.79 Å². The lowest BCUT2D eigenvalue weighted by Gasteiger charge is -2.09. The normalized spacial score (nSPS) is 12.1. The number of nitrogen functional groups attached to an aromatic ring is 1. The van der Waals surface area contributed by atoms with Crippen LogP contribution in [0.5, 0.6) is 0 Å². The van der Waals surface area contributed by atoms with Crippen molar-refractivity contribution in [3.63, 3.8) is 0 Å². The van der Waals surface area contributed by atoms with E-state index in [2.05, 4.69) is 10.2 Å². The largest absolute Gasteiger partial charge is 0.398 e. The summed E-state index contributed by atoms with van der Waals surface area (Å²) in [5.41, 5.74) is 9.16. The molecule has 0 saturated heterocycles. The van der Waals surface area contributed by atoms with E-state index >= 15 is 0 Å². The summed E-state index contributed by atoms with van der Waals surface area (Å²) < 4.78 is 1.86. The number of benzene rings is 2. The van der Waals surface area contributed by atoms with Crippen molar-refractivity contribution in [1.29, 1.82) is 0 Å². The van der Waals surface area contributed by atoms with Crippen LogP contribution in [0.3, 0.4) is 0 Å². The van der Waals surface area contributed by atoms with Crippen LogP contribution in [-0.2, 0) is 6.54 Å². The van der Waals surface area contributed by atoms with Gasteiger partial charge in [-0.15, -0.1) is 0 Å². The van der Waals surface area contributed by atoms with Crippen molar-refractivity contribution in [2.45, 2.75) is 6.54 Å². The topological polar surface area (TPSA) is 75.7 Å². The smallest absolute Gasteiger partial charge is 0.199 e. The molecule has 128 valence electrons. The van der Waals surface area contributed by atoms with E-state index < -0.39 is 0 Å². The highest BCUT2D eigenvalue weighted by molar-refractivity contribution is 6.08. The third-order valence-electron chi connectivity index (χ3n) is 4.59. The molecule has 0 aliphatic rings. The van der Waals surface area contributed by atoms with Crippen LogP contribution in [0, 0.1) is 0 Å². The van der Waals surface area contributed by atoms with Gasteiger partial charge in [0.25, 0.3) is 0 Å². The molecule has 0 amide bonds. The van der Waals surface area contributed by atoms with E-state index in [0.29, 0.717) is 23.0 Å². The predicted molar refractivity (Wildman–Crippen MR) is 102 cm³/mol. The summed E-state index contributed by atoms with van der Waals surface area (Å²) in [7, 11) is 4.10. The molecule has 0 radical (unpaired) electrons. The third-order valence-corrected chi connectivity index (χ3v) is 4.59. The highest BCUT2D eigenvalue weighted by atomic mass is 16.1. The van der Waals surface area contributed by atoms with Crippen molar-refractivity contribution in [3.8, 4) is 0 Å². The number of hydrogen-bond donors (Lipinski definition) is 2. The molecule has 0 aliphatic heterocycles. The summed E-state index contributed by atoms with van der Waals surface area (Å²) in [5.74, 6) is 0. The summed E-state index contributed by atoms with van der Waals surface area (Å²) in [6, 6.07) is 11.3. The number of aromatic nitrogens is 2. The Labute approximate surface area is 145 Å². The number of pyridine rings is 1. The molecule has 25 heavy (non-hydrogen) atoms. The Hall–Kier alpha value is -2.70. The van der Waals surface area contributed by atoms with Gasteiger partial charge in [0.2, 0.25) is 0 Å². The van der Waals surface area contributed by atoms with E-state index in [9.17, 15) is 4.79 Å². The lowest BCUT2D eigenvalue weighted by Crippen LogP contribution is -2.26. The average Bonchev–Trinajstić information content (AvgIpc) is 2.96. The van der Waals surface area contributed by atoms with Gasteiger partial charge in [-0.25, -0.2) is 4.52 Å². The van der Waals surface area contributed by atoms with E-state index in [1.807, 2.05) is 48.9 Å². The molecule has 0 atom stereocenters. The molecule has 6 heteroatoms. The number of likely N-dealkylation sites (N-methyl/N-ethyl adjacent to an activating group) is 1. The fourth-order valence-corrected chi connectivity index (χ4v) is 3.32. The van der Waals surface area contributed by atoms with Crippen LogP contribution in [-0.4, -0.2) is 41.7 Å². The number of para-hydroxylation sites is 1. The van der Waals surface area contributed by atoms with E-state index in [-0.39, 0.29) is 5.43 Å². The molecule has 4 rings (SSSR count). The fourth-order valence-electron chi connectivity index (χ4n) is 3.32. The minimum atomic E-state index is -0.0294. The summed E-state index contributed by atoms with van der Waals surface area (Å²) >= 11 is 0. The van der Waals surface area contributed by atoms with Gasteiger partial charge in [0.1, 0.15) is 0 Å². The maximum atomic E-state index is 12.9. The quantitative estimate of drug-likeness (QED) is 0.330. The van der Waals surface area contributed by atoms with Crippen molar-refractivity contribution in [2.24, 2.45) is 0 Å².